The van der Waals surface area contributed by atoms with E-state index in [1.54, 1.807) is 20.4 Å². The Bertz CT molecular complexity index is 871. The molecule has 0 saturated carbocycles. The van der Waals surface area contributed by atoms with Gasteiger partial charge < -0.3 is 20.1 Å². The van der Waals surface area contributed by atoms with Crippen molar-refractivity contribution in [1.82, 2.24) is 15.2 Å². The minimum Gasteiger partial charge on any atom is -0.497 e. The van der Waals surface area contributed by atoms with Crippen molar-refractivity contribution in [2.45, 2.75) is 12.8 Å². The lowest BCUT2D eigenvalue weighted by molar-refractivity contribution is 0.410. The van der Waals surface area contributed by atoms with Gasteiger partial charge in [0.05, 0.1) is 20.4 Å². The maximum atomic E-state index is 5.38. The van der Waals surface area contributed by atoms with E-state index in [1.165, 1.54) is 5.56 Å². The van der Waals surface area contributed by atoms with Crippen LogP contribution in [0, 0.1) is 0 Å². The second kappa shape index (κ2) is 10.1. The molecule has 7 heteroatoms. The molecular weight excluding hydrogens is 354 g/mol. The smallest absolute Gasteiger partial charge is 0.244 e. The summed E-state index contributed by atoms with van der Waals surface area (Å²) in [5, 5.41) is 14.5. The number of rotatable bonds is 10. The van der Waals surface area contributed by atoms with Crippen molar-refractivity contribution in [1.29, 1.82) is 0 Å². The molecule has 2 aromatic carbocycles. The summed E-state index contributed by atoms with van der Waals surface area (Å²) in [4.78, 5) is 4.46. The van der Waals surface area contributed by atoms with Crippen molar-refractivity contribution in [3.8, 4) is 11.5 Å². The van der Waals surface area contributed by atoms with E-state index >= 15 is 0 Å². The molecule has 0 spiro atoms. The molecular formula is C21H25N5O2. The second-order valence-corrected chi connectivity index (χ2v) is 6.18. The molecule has 0 atom stereocenters. The summed E-state index contributed by atoms with van der Waals surface area (Å²) in [6.07, 6.45) is 3.31. The van der Waals surface area contributed by atoms with E-state index in [4.69, 9.17) is 9.47 Å². The number of aromatic nitrogens is 3. The highest BCUT2D eigenvalue weighted by Crippen LogP contribution is 2.17. The van der Waals surface area contributed by atoms with Crippen molar-refractivity contribution >= 4 is 11.8 Å². The summed E-state index contributed by atoms with van der Waals surface area (Å²) in [6.45, 7) is 1.45. The maximum absolute atomic E-state index is 5.38. The Kier molecular flexibility index (Phi) is 7.01. The number of para-hydroxylation sites is 1. The first kappa shape index (κ1) is 19.4. The first-order valence-electron chi connectivity index (χ1n) is 9.21. The Morgan fingerprint density at radius 2 is 1.64 bits per heavy atom. The molecule has 0 aliphatic rings. The molecule has 0 amide bonds. The van der Waals surface area contributed by atoms with Crippen LogP contribution < -0.4 is 20.1 Å². The number of ether oxygens (including phenoxy) is 2. The van der Waals surface area contributed by atoms with Gasteiger partial charge in [-0.15, -0.1) is 5.10 Å². The van der Waals surface area contributed by atoms with E-state index in [0.29, 0.717) is 11.8 Å². The van der Waals surface area contributed by atoms with Gasteiger partial charge in [0.2, 0.25) is 5.95 Å². The molecule has 3 aromatic rings. The van der Waals surface area contributed by atoms with Gasteiger partial charge >= 0.3 is 0 Å². The van der Waals surface area contributed by atoms with Gasteiger partial charge in [0.25, 0.3) is 0 Å². The zero-order valence-corrected chi connectivity index (χ0v) is 16.2. The van der Waals surface area contributed by atoms with Gasteiger partial charge in [-0.05, 0) is 42.2 Å². The lowest BCUT2D eigenvalue weighted by Gasteiger charge is -2.10. The minimum absolute atomic E-state index is 0.510. The topological polar surface area (TPSA) is 81.2 Å². The number of benzene rings is 2. The molecule has 0 unspecified atom stereocenters. The second-order valence-electron chi connectivity index (χ2n) is 6.18. The van der Waals surface area contributed by atoms with Crippen LogP contribution in [0.2, 0.25) is 0 Å². The van der Waals surface area contributed by atoms with E-state index in [1.807, 2.05) is 30.3 Å². The van der Waals surface area contributed by atoms with Crippen LogP contribution in [-0.4, -0.2) is 42.5 Å². The maximum Gasteiger partial charge on any atom is 0.244 e. The summed E-state index contributed by atoms with van der Waals surface area (Å²) in [5.74, 6) is 2.95. The van der Waals surface area contributed by atoms with Crippen LogP contribution in [0.25, 0.3) is 0 Å². The van der Waals surface area contributed by atoms with E-state index in [-0.39, 0.29) is 0 Å². The van der Waals surface area contributed by atoms with Crippen LogP contribution in [0.3, 0.4) is 0 Å². The number of anilines is 2. The molecule has 0 radical (unpaired) electrons. The monoisotopic (exact) mass is 379 g/mol. The van der Waals surface area contributed by atoms with Gasteiger partial charge in [-0.2, -0.15) is 10.1 Å². The molecule has 7 nitrogen and oxygen atoms in total. The third kappa shape index (κ3) is 5.57. The fourth-order valence-corrected chi connectivity index (χ4v) is 2.81. The summed E-state index contributed by atoms with van der Waals surface area (Å²) < 4.78 is 10.5. The van der Waals surface area contributed by atoms with E-state index < -0.39 is 0 Å². The van der Waals surface area contributed by atoms with Crippen LogP contribution >= 0.6 is 0 Å². The Hall–Kier alpha value is -3.35. The van der Waals surface area contributed by atoms with Crippen LogP contribution in [0.1, 0.15) is 11.1 Å². The SMILES string of the molecule is COc1ccc(CCNc2nncc(NCCc3ccccc3OC)n2)cc1. The number of nitrogens with one attached hydrogen (secondary N) is 2. The molecule has 0 aliphatic carbocycles. The van der Waals surface area contributed by atoms with Crippen molar-refractivity contribution in [2.75, 3.05) is 37.9 Å². The molecule has 1 aromatic heterocycles. The van der Waals surface area contributed by atoms with Gasteiger partial charge in [0, 0.05) is 13.1 Å². The number of nitrogens with zero attached hydrogens (tertiary/aromatic N) is 3. The highest BCUT2D eigenvalue weighted by atomic mass is 16.5. The van der Waals surface area contributed by atoms with Crippen LogP contribution in [0.5, 0.6) is 11.5 Å². The molecule has 0 saturated heterocycles. The quantitative estimate of drug-likeness (QED) is 0.560. The molecule has 0 aliphatic heterocycles. The lowest BCUT2D eigenvalue weighted by atomic mass is 10.1. The van der Waals surface area contributed by atoms with Gasteiger partial charge in [-0.3, -0.25) is 0 Å². The Labute approximate surface area is 165 Å². The molecule has 1 heterocycles. The highest BCUT2D eigenvalue weighted by Gasteiger charge is 2.03. The zero-order valence-electron chi connectivity index (χ0n) is 16.2. The summed E-state index contributed by atoms with van der Waals surface area (Å²) in [6, 6.07) is 16.0. The summed E-state index contributed by atoms with van der Waals surface area (Å²) in [7, 11) is 3.35. The fraction of sp³-hybridized carbons (Fsp3) is 0.286. The first-order valence-corrected chi connectivity index (χ1v) is 9.21. The number of hydrogen-bond donors (Lipinski definition) is 2. The van der Waals surface area contributed by atoms with E-state index in [0.717, 1.165) is 43.0 Å². The van der Waals surface area contributed by atoms with Gasteiger partial charge in [-0.1, -0.05) is 30.3 Å². The minimum atomic E-state index is 0.510. The Morgan fingerprint density at radius 3 is 2.43 bits per heavy atom. The Balaban J connectivity index is 1.46. The molecule has 28 heavy (non-hydrogen) atoms. The average molecular weight is 379 g/mol. The largest absolute Gasteiger partial charge is 0.497 e. The fourth-order valence-electron chi connectivity index (χ4n) is 2.81. The standard InChI is InChI=1S/C21H25N5O2/c1-27-18-9-7-16(8-10-18)11-13-23-21-25-20(15-24-26-21)22-14-12-17-5-3-4-6-19(17)28-2/h3-10,15H,11-14H2,1-2H3,(H2,22,23,25,26). The van der Waals surface area contributed by atoms with Crippen LogP contribution in [0.4, 0.5) is 11.8 Å². The van der Waals surface area contributed by atoms with Gasteiger partial charge in [0.1, 0.15) is 11.5 Å². The molecule has 0 bridgehead atoms. The third-order valence-electron chi connectivity index (χ3n) is 4.31. The van der Waals surface area contributed by atoms with Crippen molar-refractivity contribution in [3.63, 3.8) is 0 Å². The number of methoxy groups -OCH3 is 2. The van der Waals surface area contributed by atoms with Crippen molar-refractivity contribution in [2.24, 2.45) is 0 Å². The van der Waals surface area contributed by atoms with Crippen molar-refractivity contribution < 1.29 is 9.47 Å². The summed E-state index contributed by atoms with van der Waals surface area (Å²) >= 11 is 0. The van der Waals surface area contributed by atoms with Crippen LogP contribution in [0.15, 0.2) is 54.7 Å². The van der Waals surface area contributed by atoms with Crippen LogP contribution in [-0.2, 0) is 12.8 Å². The average Bonchev–Trinajstić information content (AvgIpc) is 2.75. The lowest BCUT2D eigenvalue weighted by Crippen LogP contribution is -2.12. The van der Waals surface area contributed by atoms with Gasteiger partial charge in [0.15, 0.2) is 5.82 Å². The molecule has 0 fully saturated rings. The van der Waals surface area contributed by atoms with Crippen molar-refractivity contribution in [3.05, 3.63) is 65.9 Å². The van der Waals surface area contributed by atoms with E-state index in [2.05, 4.69) is 44.0 Å². The Morgan fingerprint density at radius 1 is 0.857 bits per heavy atom. The molecule has 3 rings (SSSR count). The first-order chi connectivity index (χ1) is 13.8. The van der Waals surface area contributed by atoms with E-state index in [9.17, 15) is 0 Å². The van der Waals surface area contributed by atoms with Gasteiger partial charge in [-0.25, -0.2) is 0 Å². The third-order valence-corrected chi connectivity index (χ3v) is 4.31. The molecule has 2 N–H and O–H groups in total. The normalized spacial score (nSPS) is 10.4. The predicted octanol–water partition coefficient (Wildman–Crippen LogP) is 3.20. The predicted molar refractivity (Wildman–Crippen MR) is 110 cm³/mol. The highest BCUT2D eigenvalue weighted by molar-refractivity contribution is 5.39. The zero-order chi connectivity index (χ0) is 19.6. The summed E-state index contributed by atoms with van der Waals surface area (Å²) in [5.41, 5.74) is 2.37. The molecule has 146 valence electrons. The number of hydrogen-bond acceptors (Lipinski definition) is 7.